The molecule has 2 aliphatic carbocycles. The lowest BCUT2D eigenvalue weighted by molar-refractivity contribution is -0.151. The summed E-state index contributed by atoms with van der Waals surface area (Å²) in [4.78, 5) is 23.0. The molecule has 0 heterocycles. The Balaban J connectivity index is 1.66. The lowest BCUT2D eigenvalue weighted by atomic mass is 9.73. The highest BCUT2D eigenvalue weighted by Crippen LogP contribution is 2.48. The molecule has 33 heavy (non-hydrogen) atoms. The van der Waals surface area contributed by atoms with Gasteiger partial charge in [0.1, 0.15) is 17.9 Å². The number of hydrogen-bond donors (Lipinski definition) is 3. The van der Waals surface area contributed by atoms with Crippen LogP contribution in [-0.2, 0) is 27.2 Å². The van der Waals surface area contributed by atoms with Crippen LogP contribution in [-0.4, -0.2) is 47.0 Å². The van der Waals surface area contributed by atoms with Crippen molar-refractivity contribution in [2.75, 3.05) is 6.61 Å². The zero-order chi connectivity index (χ0) is 24.0. The molecular weight excluding hydrogens is 422 g/mol. The molecule has 0 aromatic heterocycles. The number of fused-ring (bicyclic) bond motifs is 2. The minimum atomic E-state index is -0.990. The number of carboxylic acid groups (broad SMARTS) is 1. The second kappa shape index (κ2) is 11.8. The van der Waals surface area contributed by atoms with Crippen molar-refractivity contribution in [2.45, 2.75) is 89.9 Å². The molecule has 1 aromatic rings. The zero-order valence-corrected chi connectivity index (χ0v) is 19.9. The Morgan fingerprint density at radius 2 is 2.00 bits per heavy atom. The number of carbonyl (C=O) groups excluding carboxylic acids is 1. The molecule has 7 nitrogen and oxygen atoms in total. The summed E-state index contributed by atoms with van der Waals surface area (Å²) in [6.07, 6.45) is 7.46. The third kappa shape index (κ3) is 6.70. The van der Waals surface area contributed by atoms with Gasteiger partial charge in [-0.25, -0.2) is 4.79 Å². The van der Waals surface area contributed by atoms with Gasteiger partial charge in [0.15, 0.2) is 6.61 Å². The number of esters is 1. The van der Waals surface area contributed by atoms with Crippen molar-refractivity contribution in [1.82, 2.24) is 0 Å². The van der Waals surface area contributed by atoms with Crippen molar-refractivity contribution >= 4 is 11.9 Å². The molecule has 3 rings (SSSR count). The Hall–Kier alpha value is -2.12. The minimum Gasteiger partial charge on any atom is -0.482 e. The SMILES string of the molecule is CCCCCC(CC[C@@H]1C2Cc3cccc(OCC(=O)O)c3CC2C[C@H]1O)OC(=O)C(C)N. The lowest BCUT2D eigenvalue weighted by Gasteiger charge is -2.33. The van der Waals surface area contributed by atoms with Crippen LogP contribution >= 0.6 is 0 Å². The van der Waals surface area contributed by atoms with Crippen LogP contribution in [0.5, 0.6) is 5.75 Å². The summed E-state index contributed by atoms with van der Waals surface area (Å²) >= 11 is 0. The summed E-state index contributed by atoms with van der Waals surface area (Å²) in [7, 11) is 0. The number of carbonyl (C=O) groups is 2. The zero-order valence-electron chi connectivity index (χ0n) is 19.9. The predicted octanol–water partition coefficient (Wildman–Crippen LogP) is 3.48. The first kappa shape index (κ1) is 25.5. The van der Waals surface area contributed by atoms with Gasteiger partial charge >= 0.3 is 11.9 Å². The number of hydrogen-bond acceptors (Lipinski definition) is 6. The fourth-order valence-corrected chi connectivity index (χ4v) is 5.61. The Morgan fingerprint density at radius 3 is 2.70 bits per heavy atom. The maximum atomic E-state index is 12.1. The first-order chi connectivity index (χ1) is 15.8. The van der Waals surface area contributed by atoms with Gasteiger partial charge in [0.05, 0.1) is 6.10 Å². The van der Waals surface area contributed by atoms with Gasteiger partial charge in [0, 0.05) is 0 Å². The van der Waals surface area contributed by atoms with Gasteiger partial charge < -0.3 is 25.4 Å². The molecule has 0 spiro atoms. The number of aliphatic carboxylic acids is 1. The van der Waals surface area contributed by atoms with E-state index in [1.807, 2.05) is 12.1 Å². The van der Waals surface area contributed by atoms with E-state index in [0.717, 1.165) is 63.4 Å². The molecule has 184 valence electrons. The number of benzene rings is 1. The average molecular weight is 462 g/mol. The molecule has 0 radical (unpaired) electrons. The van der Waals surface area contributed by atoms with E-state index in [2.05, 4.69) is 13.0 Å². The van der Waals surface area contributed by atoms with Gasteiger partial charge in [-0.15, -0.1) is 0 Å². The quantitative estimate of drug-likeness (QED) is 0.322. The standard InChI is InChI=1S/C26H39NO6/c1-3-4-5-8-19(33-26(31)16(2)27)10-11-20-21-12-17-7-6-9-24(32-15-25(29)30)22(17)13-18(21)14-23(20)28/h6-7,9,16,18-21,23,28H,3-5,8,10-15,27H2,1-2H3,(H,29,30)/t16?,18?,19?,20-,21?,23-/m1/s1. The molecule has 2 aliphatic rings. The van der Waals surface area contributed by atoms with Gasteiger partial charge in [-0.05, 0) is 86.8 Å². The van der Waals surface area contributed by atoms with Crippen LogP contribution in [0.3, 0.4) is 0 Å². The number of unbranched alkanes of at least 4 members (excludes halogenated alkanes) is 2. The lowest BCUT2D eigenvalue weighted by Crippen LogP contribution is -2.33. The second-order valence-corrected chi connectivity index (χ2v) is 9.80. The van der Waals surface area contributed by atoms with Gasteiger partial charge in [-0.1, -0.05) is 31.9 Å². The van der Waals surface area contributed by atoms with Crippen molar-refractivity contribution < 1.29 is 29.3 Å². The number of aliphatic hydroxyl groups is 1. The van der Waals surface area contributed by atoms with Crippen LogP contribution in [0.15, 0.2) is 18.2 Å². The second-order valence-electron chi connectivity index (χ2n) is 9.80. The molecule has 7 heteroatoms. The molecule has 0 amide bonds. The minimum absolute atomic E-state index is 0.159. The van der Waals surface area contributed by atoms with Gasteiger partial charge in [0.2, 0.25) is 0 Å². The first-order valence-electron chi connectivity index (χ1n) is 12.4. The number of ether oxygens (including phenoxy) is 2. The molecule has 4 N–H and O–H groups in total. The van der Waals surface area contributed by atoms with E-state index in [9.17, 15) is 14.7 Å². The van der Waals surface area contributed by atoms with Crippen molar-refractivity contribution in [3.63, 3.8) is 0 Å². The Kier molecular flexibility index (Phi) is 9.15. The van der Waals surface area contributed by atoms with E-state index in [-0.39, 0.29) is 30.7 Å². The summed E-state index contributed by atoms with van der Waals surface area (Å²) in [6.45, 7) is 3.44. The Labute approximate surface area is 196 Å². The molecule has 6 atom stereocenters. The monoisotopic (exact) mass is 461 g/mol. The van der Waals surface area contributed by atoms with Crippen molar-refractivity contribution in [1.29, 1.82) is 0 Å². The highest BCUT2D eigenvalue weighted by Gasteiger charge is 2.45. The highest BCUT2D eigenvalue weighted by molar-refractivity contribution is 5.75. The summed E-state index contributed by atoms with van der Waals surface area (Å²) in [5.41, 5.74) is 7.97. The summed E-state index contributed by atoms with van der Waals surface area (Å²) in [5.74, 6) is 0.164. The van der Waals surface area contributed by atoms with E-state index in [0.29, 0.717) is 17.6 Å². The third-order valence-electron chi connectivity index (χ3n) is 7.30. The predicted molar refractivity (Wildman–Crippen MR) is 125 cm³/mol. The smallest absolute Gasteiger partial charge is 0.341 e. The molecule has 4 unspecified atom stereocenters. The van der Waals surface area contributed by atoms with Crippen LogP contribution < -0.4 is 10.5 Å². The van der Waals surface area contributed by atoms with E-state index >= 15 is 0 Å². The summed E-state index contributed by atoms with van der Waals surface area (Å²) in [5, 5.41) is 19.9. The number of rotatable bonds is 12. The first-order valence-corrected chi connectivity index (χ1v) is 12.4. The molecule has 1 fully saturated rings. The van der Waals surface area contributed by atoms with E-state index < -0.39 is 12.0 Å². The molecule has 0 aliphatic heterocycles. The Morgan fingerprint density at radius 1 is 1.21 bits per heavy atom. The van der Waals surface area contributed by atoms with Gasteiger partial charge in [-0.2, -0.15) is 0 Å². The number of carboxylic acids is 1. The van der Waals surface area contributed by atoms with E-state index in [4.69, 9.17) is 20.3 Å². The fraction of sp³-hybridized carbons (Fsp3) is 0.692. The largest absolute Gasteiger partial charge is 0.482 e. The highest BCUT2D eigenvalue weighted by atomic mass is 16.5. The third-order valence-corrected chi connectivity index (χ3v) is 7.30. The molecule has 1 aromatic carbocycles. The van der Waals surface area contributed by atoms with Crippen LogP contribution in [0.2, 0.25) is 0 Å². The van der Waals surface area contributed by atoms with Crippen LogP contribution in [0.4, 0.5) is 0 Å². The number of aliphatic hydroxyl groups excluding tert-OH is 1. The normalized spacial score (nSPS) is 25.6. The van der Waals surface area contributed by atoms with Crippen molar-refractivity contribution in [3.8, 4) is 5.75 Å². The van der Waals surface area contributed by atoms with Crippen LogP contribution in [0.1, 0.15) is 69.9 Å². The average Bonchev–Trinajstić information content (AvgIpc) is 3.08. The van der Waals surface area contributed by atoms with Crippen molar-refractivity contribution in [2.24, 2.45) is 23.5 Å². The van der Waals surface area contributed by atoms with E-state index in [1.165, 1.54) is 5.56 Å². The maximum absolute atomic E-state index is 12.1. The van der Waals surface area contributed by atoms with Gasteiger partial charge in [0.25, 0.3) is 0 Å². The van der Waals surface area contributed by atoms with Gasteiger partial charge in [-0.3, -0.25) is 4.79 Å². The molecular formula is C26H39NO6. The van der Waals surface area contributed by atoms with Crippen LogP contribution in [0, 0.1) is 17.8 Å². The fourth-order valence-electron chi connectivity index (χ4n) is 5.61. The number of nitrogens with two attached hydrogens (primary N) is 1. The topological polar surface area (TPSA) is 119 Å². The molecule has 1 saturated carbocycles. The summed E-state index contributed by atoms with van der Waals surface area (Å²) in [6, 6.07) is 5.19. The van der Waals surface area contributed by atoms with E-state index in [1.54, 1.807) is 6.92 Å². The molecule has 0 saturated heterocycles. The van der Waals surface area contributed by atoms with Crippen LogP contribution in [0.25, 0.3) is 0 Å². The Bertz CT molecular complexity index is 810. The van der Waals surface area contributed by atoms with Crippen molar-refractivity contribution in [3.05, 3.63) is 29.3 Å². The summed E-state index contributed by atoms with van der Waals surface area (Å²) < 4.78 is 11.2. The maximum Gasteiger partial charge on any atom is 0.341 e. The molecule has 0 bridgehead atoms.